The first kappa shape index (κ1) is 21.2. The number of allylic oxidation sites excluding steroid dienone is 1. The molecular formula is C24H19Cl2N2O3-. The molecule has 1 amide bonds. The number of amides is 1. The average molecular weight is 454 g/mol. The highest BCUT2D eigenvalue weighted by atomic mass is 35.5. The number of halogens is 2. The Balaban J connectivity index is 0.00000231. The Bertz CT molecular complexity index is 1150. The Morgan fingerprint density at radius 3 is 2.55 bits per heavy atom. The van der Waals surface area contributed by atoms with Crippen molar-refractivity contribution in [3.8, 4) is 0 Å². The molecule has 2 aliphatic rings. The second kappa shape index (κ2) is 8.61. The fourth-order valence-corrected chi connectivity index (χ4v) is 4.33. The van der Waals surface area contributed by atoms with E-state index in [-0.39, 0.29) is 24.1 Å². The standard InChI is InChI=1S/C24H19ClN2O3.ClH/c25-16-12-10-15(11-13-16)24(29)27-19-7-2-1-5-17(19)26-18-6-3-8-20(28)22(18)23(27)21-9-4-14-30-21;/h1-2,4-5,7,9-14,23,26H,3,6,8H2;1H/p-1. The molecule has 7 heteroatoms. The van der Waals surface area contributed by atoms with Gasteiger partial charge in [0.2, 0.25) is 0 Å². The highest BCUT2D eigenvalue weighted by Gasteiger charge is 2.41. The number of ketones is 1. The van der Waals surface area contributed by atoms with Crippen LogP contribution in [0.1, 0.15) is 41.4 Å². The third-order valence-corrected chi connectivity index (χ3v) is 5.81. The smallest absolute Gasteiger partial charge is 0.259 e. The molecule has 0 radical (unpaired) electrons. The Morgan fingerprint density at radius 1 is 1.03 bits per heavy atom. The number of nitrogens with zero attached hydrogens (tertiary/aromatic N) is 1. The molecular weight excluding hydrogens is 435 g/mol. The van der Waals surface area contributed by atoms with Gasteiger partial charge in [-0.25, -0.2) is 0 Å². The molecule has 0 saturated carbocycles. The molecule has 5 rings (SSSR count). The lowest BCUT2D eigenvalue weighted by Gasteiger charge is -2.32. The van der Waals surface area contributed by atoms with Gasteiger partial charge in [-0.1, -0.05) is 23.7 Å². The van der Waals surface area contributed by atoms with Crippen LogP contribution in [0.4, 0.5) is 11.4 Å². The van der Waals surface area contributed by atoms with Crippen LogP contribution in [0.15, 0.2) is 82.6 Å². The first-order valence-corrected chi connectivity index (χ1v) is 10.3. The minimum atomic E-state index is -0.651. The zero-order valence-electron chi connectivity index (χ0n) is 16.5. The van der Waals surface area contributed by atoms with Gasteiger partial charge in [-0.05, 0) is 61.4 Å². The van der Waals surface area contributed by atoms with Crippen LogP contribution in [-0.2, 0) is 4.79 Å². The molecule has 2 heterocycles. The predicted octanol–water partition coefficient (Wildman–Crippen LogP) is 2.76. The maximum Gasteiger partial charge on any atom is 0.259 e. The molecule has 31 heavy (non-hydrogen) atoms. The maximum atomic E-state index is 13.8. The first-order valence-electron chi connectivity index (χ1n) is 9.88. The second-order valence-corrected chi connectivity index (χ2v) is 7.85. The number of furan rings is 1. The van der Waals surface area contributed by atoms with Crippen molar-refractivity contribution in [2.24, 2.45) is 0 Å². The molecule has 0 spiro atoms. The number of para-hydroxylation sites is 2. The Hall–Kier alpha value is -3.02. The van der Waals surface area contributed by atoms with E-state index in [0.29, 0.717) is 34.0 Å². The van der Waals surface area contributed by atoms with Crippen molar-refractivity contribution in [1.29, 1.82) is 0 Å². The molecule has 158 valence electrons. The van der Waals surface area contributed by atoms with Gasteiger partial charge >= 0.3 is 0 Å². The van der Waals surface area contributed by atoms with E-state index in [1.54, 1.807) is 41.5 Å². The molecule has 0 bridgehead atoms. The topological polar surface area (TPSA) is 62.6 Å². The van der Waals surface area contributed by atoms with Gasteiger partial charge in [-0.15, -0.1) is 0 Å². The quantitative estimate of drug-likeness (QED) is 0.647. The molecule has 1 N–H and O–H groups in total. The average Bonchev–Trinajstić information content (AvgIpc) is 3.23. The first-order chi connectivity index (χ1) is 14.6. The van der Waals surface area contributed by atoms with Crippen molar-refractivity contribution < 1.29 is 26.4 Å². The normalized spacial score (nSPS) is 17.8. The molecule has 1 unspecified atom stereocenters. The lowest BCUT2D eigenvalue weighted by Crippen LogP contribution is -3.00. The van der Waals surface area contributed by atoms with Gasteiger partial charge in [0.05, 0.1) is 17.6 Å². The van der Waals surface area contributed by atoms with Crippen LogP contribution >= 0.6 is 11.6 Å². The summed E-state index contributed by atoms with van der Waals surface area (Å²) in [7, 11) is 0. The van der Waals surface area contributed by atoms with Crippen molar-refractivity contribution in [2.45, 2.75) is 25.3 Å². The van der Waals surface area contributed by atoms with Crippen LogP contribution in [0.5, 0.6) is 0 Å². The fraction of sp³-hybridized carbons (Fsp3) is 0.167. The summed E-state index contributed by atoms with van der Waals surface area (Å²) in [6, 6.07) is 17.3. The van der Waals surface area contributed by atoms with E-state index in [9.17, 15) is 9.59 Å². The van der Waals surface area contributed by atoms with Crippen molar-refractivity contribution in [3.63, 3.8) is 0 Å². The van der Waals surface area contributed by atoms with Crippen LogP contribution in [0.25, 0.3) is 0 Å². The molecule has 2 aromatic carbocycles. The summed E-state index contributed by atoms with van der Waals surface area (Å²) in [6.07, 6.45) is 3.55. The number of carbonyl (C=O) groups excluding carboxylic acids is 2. The predicted molar refractivity (Wildman–Crippen MR) is 116 cm³/mol. The summed E-state index contributed by atoms with van der Waals surface area (Å²) in [5.74, 6) is 0.361. The van der Waals surface area contributed by atoms with Crippen LogP contribution in [0, 0.1) is 0 Å². The van der Waals surface area contributed by atoms with E-state index in [0.717, 1.165) is 24.2 Å². The molecule has 3 aromatic rings. The molecule has 1 aromatic heterocycles. The lowest BCUT2D eigenvalue weighted by atomic mass is 9.88. The van der Waals surface area contributed by atoms with Gasteiger partial charge in [0.1, 0.15) is 11.8 Å². The highest BCUT2D eigenvalue weighted by Crippen LogP contribution is 2.45. The van der Waals surface area contributed by atoms with Crippen molar-refractivity contribution in [2.75, 3.05) is 10.2 Å². The van der Waals surface area contributed by atoms with Gasteiger partial charge in [-0.3, -0.25) is 14.5 Å². The highest BCUT2D eigenvalue weighted by molar-refractivity contribution is 6.30. The number of hydrogen-bond donors (Lipinski definition) is 1. The molecule has 5 nitrogen and oxygen atoms in total. The van der Waals surface area contributed by atoms with E-state index < -0.39 is 6.04 Å². The number of hydrogen-bond acceptors (Lipinski definition) is 4. The molecule has 1 aliphatic carbocycles. The summed E-state index contributed by atoms with van der Waals surface area (Å²) in [5, 5.41) is 3.99. The van der Waals surface area contributed by atoms with Gasteiger partial charge in [-0.2, -0.15) is 0 Å². The lowest BCUT2D eigenvalue weighted by molar-refractivity contribution is -0.116. The van der Waals surface area contributed by atoms with Gasteiger partial charge < -0.3 is 22.1 Å². The van der Waals surface area contributed by atoms with Crippen LogP contribution in [-0.4, -0.2) is 11.7 Å². The Kier molecular flexibility index (Phi) is 5.90. The minimum Gasteiger partial charge on any atom is -1.00 e. The number of carbonyl (C=O) groups is 2. The van der Waals surface area contributed by atoms with E-state index in [4.69, 9.17) is 16.0 Å². The summed E-state index contributed by atoms with van der Waals surface area (Å²) in [6.45, 7) is 0. The molecule has 0 fully saturated rings. The van der Waals surface area contributed by atoms with Crippen LogP contribution in [0.3, 0.4) is 0 Å². The molecule has 1 atom stereocenters. The maximum absolute atomic E-state index is 13.8. The van der Waals surface area contributed by atoms with Crippen molar-refractivity contribution in [3.05, 3.63) is 94.5 Å². The third kappa shape index (κ3) is 3.75. The van der Waals surface area contributed by atoms with Crippen LogP contribution in [0.2, 0.25) is 5.02 Å². The van der Waals surface area contributed by atoms with Gasteiger partial charge in [0.15, 0.2) is 5.78 Å². The van der Waals surface area contributed by atoms with E-state index in [1.165, 1.54) is 0 Å². The van der Waals surface area contributed by atoms with E-state index in [2.05, 4.69) is 5.32 Å². The fourth-order valence-electron chi connectivity index (χ4n) is 4.21. The Labute approximate surface area is 191 Å². The minimum absolute atomic E-state index is 0. The van der Waals surface area contributed by atoms with Crippen LogP contribution < -0.4 is 22.6 Å². The zero-order valence-corrected chi connectivity index (χ0v) is 18.0. The molecule has 1 aliphatic heterocycles. The monoisotopic (exact) mass is 453 g/mol. The summed E-state index contributed by atoms with van der Waals surface area (Å²) >= 11 is 6.03. The third-order valence-electron chi connectivity index (χ3n) is 5.56. The number of rotatable bonds is 2. The number of anilines is 2. The van der Waals surface area contributed by atoms with Gasteiger partial charge in [0.25, 0.3) is 5.91 Å². The second-order valence-electron chi connectivity index (χ2n) is 7.41. The summed E-state index contributed by atoms with van der Waals surface area (Å²) < 4.78 is 5.75. The number of benzene rings is 2. The number of Topliss-reactive ketones (excluding diaryl/α,β-unsaturated/α-hetero) is 1. The number of nitrogens with one attached hydrogen (secondary N) is 1. The van der Waals surface area contributed by atoms with Crippen molar-refractivity contribution in [1.82, 2.24) is 0 Å². The van der Waals surface area contributed by atoms with E-state index >= 15 is 0 Å². The number of fused-ring (bicyclic) bond motifs is 1. The zero-order chi connectivity index (χ0) is 20.7. The summed E-state index contributed by atoms with van der Waals surface area (Å²) in [4.78, 5) is 28.5. The van der Waals surface area contributed by atoms with Gasteiger partial charge in [0, 0.05) is 28.3 Å². The largest absolute Gasteiger partial charge is 1.00 e. The SMILES string of the molecule is O=C1CCCC2=C1C(c1ccco1)N(C(=O)c1ccc(Cl)cc1)c1ccccc1N2.[Cl-]. The van der Waals surface area contributed by atoms with E-state index in [1.807, 2.05) is 30.3 Å². The van der Waals surface area contributed by atoms with Crippen molar-refractivity contribution >= 4 is 34.7 Å². The summed E-state index contributed by atoms with van der Waals surface area (Å²) in [5.41, 5.74) is 3.41. The Morgan fingerprint density at radius 2 is 1.81 bits per heavy atom. The molecule has 0 saturated heterocycles.